The van der Waals surface area contributed by atoms with Crippen molar-refractivity contribution in [2.45, 2.75) is 12.2 Å². The fourth-order valence-corrected chi connectivity index (χ4v) is 3.81. The third kappa shape index (κ3) is 2.45. The molecule has 2 bridgehead atoms. The van der Waals surface area contributed by atoms with E-state index in [1.807, 2.05) is 0 Å². The van der Waals surface area contributed by atoms with Crippen LogP contribution in [0.15, 0.2) is 97.1 Å². The molecule has 1 nitrogen and oxygen atoms in total. The fourth-order valence-electron chi connectivity index (χ4n) is 3.81. The van der Waals surface area contributed by atoms with E-state index in [0.29, 0.717) is 0 Å². The summed E-state index contributed by atoms with van der Waals surface area (Å²) >= 11 is 0. The third-order valence-corrected chi connectivity index (χ3v) is 5.00. The van der Waals surface area contributed by atoms with Gasteiger partial charge < -0.3 is 4.74 Å². The molecule has 0 aromatic heterocycles. The molecule has 0 saturated carbocycles. The summed E-state index contributed by atoms with van der Waals surface area (Å²) in [5, 5.41) is 0. The maximum Gasteiger partial charge on any atom is 0.103 e. The van der Waals surface area contributed by atoms with Gasteiger partial charge in [0.25, 0.3) is 0 Å². The van der Waals surface area contributed by atoms with Crippen LogP contribution in [0.2, 0.25) is 0 Å². The van der Waals surface area contributed by atoms with Gasteiger partial charge in [-0.1, -0.05) is 84.9 Å². The average molecular weight is 322 g/mol. The molecule has 2 heterocycles. The predicted molar refractivity (Wildman–Crippen MR) is 102 cm³/mol. The van der Waals surface area contributed by atoms with Crippen LogP contribution in [0.4, 0.5) is 0 Å². The van der Waals surface area contributed by atoms with E-state index < -0.39 is 0 Å². The molecule has 1 heteroatoms. The molecule has 2 aliphatic rings. The summed E-state index contributed by atoms with van der Waals surface area (Å²) in [4.78, 5) is 0. The largest absolute Gasteiger partial charge is 0.357 e. The summed E-state index contributed by atoms with van der Waals surface area (Å²) in [5.74, 6) is 0. The summed E-state index contributed by atoms with van der Waals surface area (Å²) in [6, 6.07) is 29.7. The molecule has 0 amide bonds. The highest BCUT2D eigenvalue weighted by atomic mass is 16.5. The molecule has 0 saturated heterocycles. The zero-order valence-corrected chi connectivity index (χ0v) is 13.8. The van der Waals surface area contributed by atoms with Gasteiger partial charge in [0.05, 0.1) is 0 Å². The van der Waals surface area contributed by atoms with E-state index in [0.717, 1.165) is 0 Å². The fraction of sp³-hybridized carbons (Fsp3) is 0.0833. The van der Waals surface area contributed by atoms with E-state index in [9.17, 15) is 0 Å². The van der Waals surface area contributed by atoms with E-state index >= 15 is 0 Å². The van der Waals surface area contributed by atoms with Gasteiger partial charge >= 0.3 is 0 Å². The van der Waals surface area contributed by atoms with Crippen molar-refractivity contribution in [2.24, 2.45) is 0 Å². The zero-order valence-electron chi connectivity index (χ0n) is 13.8. The van der Waals surface area contributed by atoms with Crippen molar-refractivity contribution in [1.82, 2.24) is 0 Å². The van der Waals surface area contributed by atoms with Crippen LogP contribution in [0.25, 0.3) is 11.1 Å². The van der Waals surface area contributed by atoms with Crippen molar-refractivity contribution in [2.75, 3.05) is 0 Å². The maximum atomic E-state index is 6.34. The Hall–Kier alpha value is -2.90. The van der Waals surface area contributed by atoms with Crippen LogP contribution in [0.1, 0.15) is 34.5 Å². The van der Waals surface area contributed by atoms with Crippen molar-refractivity contribution in [1.29, 1.82) is 0 Å². The Labute approximate surface area is 147 Å². The third-order valence-electron chi connectivity index (χ3n) is 5.00. The minimum atomic E-state index is 0.00821. The highest BCUT2D eigenvalue weighted by Crippen LogP contribution is 2.48. The smallest absolute Gasteiger partial charge is 0.103 e. The first-order chi connectivity index (χ1) is 12.4. The minimum absolute atomic E-state index is 0.00821. The number of rotatable bonds is 2. The lowest BCUT2D eigenvalue weighted by atomic mass is 9.87. The molecule has 2 aliphatic heterocycles. The van der Waals surface area contributed by atoms with Crippen LogP contribution >= 0.6 is 0 Å². The molecule has 0 unspecified atom stereocenters. The Morgan fingerprint density at radius 2 is 0.880 bits per heavy atom. The standard InChI is InChI=1S/C24H18O/c1-3-9-17(10-4-1)21-15-23-19-13-7-8-14-20(19)24(25-23)16-22(21)18-11-5-2-6-12-18/h1-16,23-24H/t23-,24+. The van der Waals surface area contributed by atoms with E-state index in [-0.39, 0.29) is 12.2 Å². The van der Waals surface area contributed by atoms with E-state index in [4.69, 9.17) is 4.74 Å². The molecule has 2 atom stereocenters. The lowest BCUT2D eigenvalue weighted by molar-refractivity contribution is 0.0691. The van der Waals surface area contributed by atoms with Crippen LogP contribution in [0.3, 0.4) is 0 Å². The van der Waals surface area contributed by atoms with Crippen LogP contribution in [-0.2, 0) is 4.74 Å². The van der Waals surface area contributed by atoms with Crippen LogP contribution < -0.4 is 0 Å². The summed E-state index contributed by atoms with van der Waals surface area (Å²) < 4.78 is 6.34. The second-order valence-electron chi connectivity index (χ2n) is 6.50. The lowest BCUT2D eigenvalue weighted by Crippen LogP contribution is -1.97. The van der Waals surface area contributed by atoms with Gasteiger partial charge in [-0.15, -0.1) is 0 Å². The monoisotopic (exact) mass is 322 g/mol. The number of hydrogen-bond acceptors (Lipinski definition) is 1. The second kappa shape index (κ2) is 5.87. The normalized spacial score (nSPS) is 21.1. The summed E-state index contributed by atoms with van der Waals surface area (Å²) in [6.07, 6.45) is 4.57. The molecular formula is C24H18O. The van der Waals surface area contributed by atoms with Gasteiger partial charge in [-0.3, -0.25) is 0 Å². The molecule has 0 radical (unpaired) electrons. The number of benzene rings is 3. The van der Waals surface area contributed by atoms with Crippen molar-refractivity contribution in [3.05, 3.63) is 119 Å². The van der Waals surface area contributed by atoms with E-state index in [2.05, 4.69) is 97.1 Å². The Morgan fingerprint density at radius 1 is 0.480 bits per heavy atom. The SMILES string of the molecule is C1=C(c2ccccc2)C(c2ccccc2)=C[C@H]2O[C@@H]1c1ccccc12. The number of allylic oxidation sites excluding steroid dienone is 2. The number of hydrogen-bond donors (Lipinski definition) is 0. The lowest BCUT2D eigenvalue weighted by Gasteiger charge is -2.16. The average Bonchev–Trinajstić information content (AvgIpc) is 2.90. The molecule has 0 spiro atoms. The van der Waals surface area contributed by atoms with Crippen molar-refractivity contribution < 1.29 is 4.74 Å². The van der Waals surface area contributed by atoms with Crippen molar-refractivity contribution in [3.63, 3.8) is 0 Å². The zero-order chi connectivity index (χ0) is 16.6. The predicted octanol–water partition coefficient (Wildman–Crippen LogP) is 5.98. The first-order valence-electron chi connectivity index (χ1n) is 8.69. The van der Waals surface area contributed by atoms with Gasteiger partial charge in [-0.05, 0) is 45.6 Å². The molecule has 25 heavy (non-hydrogen) atoms. The molecule has 5 rings (SSSR count). The van der Waals surface area contributed by atoms with Crippen LogP contribution in [-0.4, -0.2) is 0 Å². The Balaban J connectivity index is 1.74. The molecule has 3 aromatic carbocycles. The van der Waals surface area contributed by atoms with Crippen molar-refractivity contribution in [3.8, 4) is 0 Å². The van der Waals surface area contributed by atoms with Crippen LogP contribution in [0.5, 0.6) is 0 Å². The Bertz CT molecular complexity index is 887. The highest BCUT2D eigenvalue weighted by Gasteiger charge is 2.32. The second-order valence-corrected chi connectivity index (χ2v) is 6.50. The Kier molecular flexibility index (Phi) is 3.39. The minimum Gasteiger partial charge on any atom is -0.357 e. The number of ether oxygens (including phenoxy) is 1. The molecular weight excluding hydrogens is 304 g/mol. The van der Waals surface area contributed by atoms with E-state index in [1.165, 1.54) is 33.4 Å². The first-order valence-corrected chi connectivity index (χ1v) is 8.69. The molecule has 0 aliphatic carbocycles. The summed E-state index contributed by atoms with van der Waals surface area (Å²) in [5.41, 5.74) is 7.51. The Morgan fingerprint density at radius 3 is 1.32 bits per heavy atom. The summed E-state index contributed by atoms with van der Waals surface area (Å²) in [6.45, 7) is 0. The van der Waals surface area contributed by atoms with Crippen molar-refractivity contribution >= 4 is 11.1 Å². The molecule has 3 aromatic rings. The van der Waals surface area contributed by atoms with Gasteiger partial charge in [0.2, 0.25) is 0 Å². The molecule has 120 valence electrons. The van der Waals surface area contributed by atoms with E-state index in [1.54, 1.807) is 0 Å². The highest BCUT2D eigenvalue weighted by molar-refractivity contribution is 6.05. The van der Waals surface area contributed by atoms with Gasteiger partial charge in [0.15, 0.2) is 0 Å². The van der Waals surface area contributed by atoms with Gasteiger partial charge in [-0.25, -0.2) is 0 Å². The number of fused-ring (bicyclic) bond motifs is 5. The van der Waals surface area contributed by atoms with Crippen LogP contribution in [0, 0.1) is 0 Å². The summed E-state index contributed by atoms with van der Waals surface area (Å²) in [7, 11) is 0. The maximum absolute atomic E-state index is 6.34. The quantitative estimate of drug-likeness (QED) is 0.564. The van der Waals surface area contributed by atoms with Gasteiger partial charge in [-0.2, -0.15) is 0 Å². The first kappa shape index (κ1) is 14.4. The topological polar surface area (TPSA) is 9.23 Å². The van der Waals surface area contributed by atoms with Gasteiger partial charge in [0, 0.05) is 0 Å². The van der Waals surface area contributed by atoms with Gasteiger partial charge in [0.1, 0.15) is 12.2 Å². The molecule has 0 N–H and O–H groups in total. The molecule has 0 fully saturated rings.